The molecule has 0 spiro atoms. The van der Waals surface area contributed by atoms with Crippen LogP contribution in [0.4, 0.5) is 0 Å². The van der Waals surface area contributed by atoms with E-state index < -0.39 is 15.3 Å². The van der Waals surface area contributed by atoms with Gasteiger partial charge in [-0.25, -0.2) is 13.1 Å². The maximum atomic E-state index is 12.3. The first-order valence-corrected chi connectivity index (χ1v) is 9.19. The Bertz CT molecular complexity index is 485. The quantitative estimate of drug-likeness (QED) is 0.681. The van der Waals surface area contributed by atoms with Crippen LogP contribution in [0.5, 0.6) is 0 Å². The van der Waals surface area contributed by atoms with E-state index in [2.05, 4.69) is 4.72 Å². The van der Waals surface area contributed by atoms with Gasteiger partial charge in [0.15, 0.2) is 0 Å². The SMILES string of the molecule is CC(C)(CCCO)CNS(=O)(=O)C1CC(=O)N(C2CC2)C1. The number of carbonyl (C=O) groups is 1. The summed E-state index contributed by atoms with van der Waals surface area (Å²) in [5.41, 5.74) is -0.200. The topological polar surface area (TPSA) is 86.7 Å². The Morgan fingerprint density at radius 1 is 1.38 bits per heavy atom. The number of hydrogen-bond acceptors (Lipinski definition) is 4. The molecule has 7 heteroatoms. The second-order valence-corrected chi connectivity index (χ2v) is 9.01. The summed E-state index contributed by atoms with van der Waals surface area (Å²) in [5.74, 6) is -0.0348. The zero-order chi connectivity index (χ0) is 15.7. The van der Waals surface area contributed by atoms with Crippen LogP contribution in [0, 0.1) is 5.41 Å². The molecule has 122 valence electrons. The molecule has 2 rings (SSSR count). The van der Waals surface area contributed by atoms with E-state index in [9.17, 15) is 13.2 Å². The third-order valence-electron chi connectivity index (χ3n) is 4.31. The fourth-order valence-electron chi connectivity index (χ4n) is 2.70. The molecule has 0 aromatic rings. The van der Waals surface area contributed by atoms with Gasteiger partial charge in [-0.1, -0.05) is 13.8 Å². The highest BCUT2D eigenvalue weighted by Crippen LogP contribution is 2.32. The molecule has 1 unspecified atom stereocenters. The zero-order valence-electron chi connectivity index (χ0n) is 12.8. The fourth-order valence-corrected chi connectivity index (χ4v) is 4.25. The van der Waals surface area contributed by atoms with E-state index >= 15 is 0 Å². The summed E-state index contributed by atoms with van der Waals surface area (Å²) in [5, 5.41) is 8.24. The molecular formula is C14H26N2O4S. The first kappa shape index (κ1) is 16.7. The normalized spacial score (nSPS) is 23.9. The minimum Gasteiger partial charge on any atom is -0.396 e. The minimum atomic E-state index is -3.46. The third kappa shape index (κ3) is 4.40. The minimum absolute atomic E-state index is 0.0348. The largest absolute Gasteiger partial charge is 0.396 e. The lowest BCUT2D eigenvalue weighted by Gasteiger charge is -2.25. The fraction of sp³-hybridized carbons (Fsp3) is 0.929. The lowest BCUT2D eigenvalue weighted by Crippen LogP contribution is -2.41. The number of likely N-dealkylation sites (tertiary alicyclic amines) is 1. The first-order valence-electron chi connectivity index (χ1n) is 7.64. The monoisotopic (exact) mass is 318 g/mol. The summed E-state index contributed by atoms with van der Waals surface area (Å²) in [6.07, 6.45) is 3.51. The molecule has 1 saturated carbocycles. The van der Waals surface area contributed by atoms with Crippen molar-refractivity contribution in [2.75, 3.05) is 19.7 Å². The molecule has 2 aliphatic rings. The number of nitrogens with zero attached hydrogens (tertiary/aromatic N) is 1. The molecular weight excluding hydrogens is 292 g/mol. The summed E-state index contributed by atoms with van der Waals surface area (Å²) in [6.45, 7) is 4.73. The van der Waals surface area contributed by atoms with Gasteiger partial charge in [0.25, 0.3) is 0 Å². The molecule has 0 aromatic carbocycles. The molecule has 0 bridgehead atoms. The first-order chi connectivity index (χ1) is 9.75. The predicted molar refractivity (Wildman–Crippen MR) is 80.2 cm³/mol. The second kappa shape index (κ2) is 6.22. The summed E-state index contributed by atoms with van der Waals surface area (Å²) < 4.78 is 27.4. The maximum Gasteiger partial charge on any atom is 0.224 e. The van der Waals surface area contributed by atoms with Crippen LogP contribution in [0.15, 0.2) is 0 Å². The number of nitrogens with one attached hydrogen (secondary N) is 1. The van der Waals surface area contributed by atoms with Gasteiger partial charge >= 0.3 is 0 Å². The molecule has 1 atom stereocenters. The van der Waals surface area contributed by atoms with Crippen LogP contribution < -0.4 is 4.72 Å². The standard InChI is InChI=1S/C14H26N2O4S/c1-14(2,6-3-7-17)10-15-21(19,20)12-8-13(18)16(9-12)11-4-5-11/h11-12,15,17H,3-10H2,1-2H3. The number of amides is 1. The Balaban J connectivity index is 1.88. The van der Waals surface area contributed by atoms with E-state index in [0.29, 0.717) is 19.5 Å². The van der Waals surface area contributed by atoms with Crippen molar-refractivity contribution in [3.63, 3.8) is 0 Å². The van der Waals surface area contributed by atoms with E-state index in [4.69, 9.17) is 5.11 Å². The van der Waals surface area contributed by atoms with Crippen molar-refractivity contribution in [2.24, 2.45) is 5.41 Å². The van der Waals surface area contributed by atoms with Crippen LogP contribution in [0.1, 0.15) is 46.0 Å². The van der Waals surface area contributed by atoms with Gasteiger partial charge in [0.1, 0.15) is 5.25 Å². The third-order valence-corrected chi connectivity index (χ3v) is 6.05. The molecule has 1 saturated heterocycles. The van der Waals surface area contributed by atoms with Crippen molar-refractivity contribution in [1.29, 1.82) is 0 Å². The van der Waals surface area contributed by atoms with Crippen molar-refractivity contribution in [3.05, 3.63) is 0 Å². The van der Waals surface area contributed by atoms with Crippen molar-refractivity contribution >= 4 is 15.9 Å². The summed E-state index contributed by atoms with van der Waals surface area (Å²) in [7, 11) is -3.46. The van der Waals surface area contributed by atoms with E-state index in [1.165, 1.54) is 0 Å². The van der Waals surface area contributed by atoms with Gasteiger partial charge in [-0.3, -0.25) is 4.79 Å². The Morgan fingerprint density at radius 2 is 2.05 bits per heavy atom. The molecule has 1 amide bonds. The molecule has 2 fully saturated rings. The molecule has 1 aliphatic carbocycles. The van der Waals surface area contributed by atoms with Crippen LogP contribution in [0.2, 0.25) is 0 Å². The Labute approximate surface area is 126 Å². The van der Waals surface area contributed by atoms with E-state index in [1.807, 2.05) is 13.8 Å². The van der Waals surface area contributed by atoms with Gasteiger partial charge in [0.2, 0.25) is 15.9 Å². The molecule has 0 radical (unpaired) electrons. The highest BCUT2D eigenvalue weighted by Gasteiger charge is 2.44. The average molecular weight is 318 g/mol. The Morgan fingerprint density at radius 3 is 2.62 bits per heavy atom. The molecule has 2 N–H and O–H groups in total. The molecule has 21 heavy (non-hydrogen) atoms. The predicted octanol–water partition coefficient (Wildman–Crippen LogP) is 0.468. The van der Waals surface area contributed by atoms with Crippen molar-refractivity contribution < 1.29 is 18.3 Å². The number of sulfonamides is 1. The van der Waals surface area contributed by atoms with Crippen molar-refractivity contribution in [2.45, 2.75) is 57.2 Å². The van der Waals surface area contributed by atoms with Gasteiger partial charge in [0.05, 0.1) is 0 Å². The summed E-state index contributed by atoms with van der Waals surface area (Å²) in [6, 6.07) is 0.277. The van der Waals surface area contributed by atoms with Gasteiger partial charge in [-0.05, 0) is 31.1 Å². The maximum absolute atomic E-state index is 12.3. The highest BCUT2D eigenvalue weighted by molar-refractivity contribution is 7.90. The molecule has 0 aromatic heterocycles. The van der Waals surface area contributed by atoms with E-state index in [0.717, 1.165) is 19.3 Å². The number of rotatable bonds is 8. The Hall–Kier alpha value is -0.660. The lowest BCUT2D eigenvalue weighted by molar-refractivity contribution is -0.128. The van der Waals surface area contributed by atoms with E-state index in [-0.39, 0.29) is 30.4 Å². The van der Waals surface area contributed by atoms with Crippen LogP contribution in [-0.4, -0.2) is 55.3 Å². The molecule has 6 nitrogen and oxygen atoms in total. The van der Waals surface area contributed by atoms with Gasteiger partial charge in [-0.15, -0.1) is 0 Å². The van der Waals surface area contributed by atoms with E-state index in [1.54, 1.807) is 4.90 Å². The average Bonchev–Trinajstić information content (AvgIpc) is 3.17. The van der Waals surface area contributed by atoms with Crippen LogP contribution in [0.3, 0.4) is 0 Å². The summed E-state index contributed by atoms with van der Waals surface area (Å²) in [4.78, 5) is 13.6. The van der Waals surface area contributed by atoms with Crippen LogP contribution in [-0.2, 0) is 14.8 Å². The zero-order valence-corrected chi connectivity index (χ0v) is 13.7. The van der Waals surface area contributed by atoms with Crippen LogP contribution in [0.25, 0.3) is 0 Å². The number of hydrogen-bond donors (Lipinski definition) is 2. The van der Waals surface area contributed by atoms with Crippen molar-refractivity contribution in [3.8, 4) is 0 Å². The van der Waals surface area contributed by atoms with Crippen LogP contribution >= 0.6 is 0 Å². The Kier molecular flexibility index (Phi) is 4.95. The smallest absolute Gasteiger partial charge is 0.224 e. The highest BCUT2D eigenvalue weighted by atomic mass is 32.2. The van der Waals surface area contributed by atoms with Crippen molar-refractivity contribution in [1.82, 2.24) is 9.62 Å². The number of aliphatic hydroxyl groups is 1. The van der Waals surface area contributed by atoms with Gasteiger partial charge in [-0.2, -0.15) is 0 Å². The second-order valence-electron chi connectivity index (χ2n) is 6.96. The number of carbonyl (C=O) groups excluding carboxylic acids is 1. The van der Waals surface area contributed by atoms with Gasteiger partial charge in [0, 0.05) is 32.2 Å². The summed E-state index contributed by atoms with van der Waals surface area (Å²) >= 11 is 0. The molecule has 1 aliphatic heterocycles. The molecule has 1 heterocycles. The number of aliphatic hydroxyl groups excluding tert-OH is 1. The van der Waals surface area contributed by atoms with Gasteiger partial charge < -0.3 is 10.0 Å². The lowest BCUT2D eigenvalue weighted by atomic mass is 9.88.